The number of nitrogens with zero attached hydrogens (tertiary/aromatic N) is 1. The fourth-order valence-corrected chi connectivity index (χ4v) is 2.70. The van der Waals surface area contributed by atoms with Gasteiger partial charge in [0.1, 0.15) is 0 Å². The molecule has 0 amide bonds. The molecule has 0 bridgehead atoms. The molecule has 16 heavy (non-hydrogen) atoms. The minimum absolute atomic E-state index is 0.378. The molecule has 0 heterocycles. The highest BCUT2D eigenvalue weighted by atomic mass is 15.2. The van der Waals surface area contributed by atoms with Gasteiger partial charge in [-0.15, -0.1) is 0 Å². The SMILES string of the molecule is CCN(Cc1ccccc1)C1CCCC1N. The lowest BCUT2D eigenvalue weighted by Crippen LogP contribution is -2.43. The van der Waals surface area contributed by atoms with Gasteiger partial charge in [0.2, 0.25) is 0 Å². The monoisotopic (exact) mass is 218 g/mol. The number of rotatable bonds is 4. The van der Waals surface area contributed by atoms with Gasteiger partial charge in [-0.1, -0.05) is 43.7 Å². The van der Waals surface area contributed by atoms with Gasteiger partial charge in [-0.3, -0.25) is 4.90 Å². The summed E-state index contributed by atoms with van der Waals surface area (Å²) in [7, 11) is 0. The van der Waals surface area contributed by atoms with E-state index in [-0.39, 0.29) is 0 Å². The molecule has 0 spiro atoms. The highest BCUT2D eigenvalue weighted by Gasteiger charge is 2.28. The number of nitrogens with two attached hydrogens (primary N) is 1. The summed E-state index contributed by atoms with van der Waals surface area (Å²) in [5.41, 5.74) is 7.56. The zero-order valence-electron chi connectivity index (χ0n) is 10.1. The van der Waals surface area contributed by atoms with E-state index in [0.29, 0.717) is 12.1 Å². The van der Waals surface area contributed by atoms with Gasteiger partial charge in [0.15, 0.2) is 0 Å². The molecule has 0 saturated heterocycles. The summed E-state index contributed by atoms with van der Waals surface area (Å²) >= 11 is 0. The first kappa shape index (κ1) is 11.6. The maximum Gasteiger partial charge on any atom is 0.0250 e. The first-order chi connectivity index (χ1) is 7.81. The minimum Gasteiger partial charge on any atom is -0.326 e. The van der Waals surface area contributed by atoms with E-state index in [9.17, 15) is 0 Å². The fourth-order valence-electron chi connectivity index (χ4n) is 2.70. The van der Waals surface area contributed by atoms with E-state index in [0.717, 1.165) is 13.1 Å². The molecular formula is C14H22N2. The summed E-state index contributed by atoms with van der Waals surface area (Å²) in [6.45, 7) is 4.36. The quantitative estimate of drug-likeness (QED) is 0.840. The van der Waals surface area contributed by atoms with Crippen molar-refractivity contribution in [1.29, 1.82) is 0 Å². The number of hydrogen-bond donors (Lipinski definition) is 1. The van der Waals surface area contributed by atoms with Crippen LogP contribution in [0.15, 0.2) is 30.3 Å². The summed E-state index contributed by atoms with van der Waals surface area (Å²) in [6.07, 6.45) is 3.74. The van der Waals surface area contributed by atoms with Crippen molar-refractivity contribution in [2.24, 2.45) is 5.73 Å². The zero-order chi connectivity index (χ0) is 11.4. The Morgan fingerprint density at radius 3 is 2.56 bits per heavy atom. The molecular weight excluding hydrogens is 196 g/mol. The van der Waals surface area contributed by atoms with Crippen molar-refractivity contribution in [1.82, 2.24) is 4.90 Å². The van der Waals surface area contributed by atoms with E-state index in [2.05, 4.69) is 42.2 Å². The summed E-state index contributed by atoms with van der Waals surface area (Å²) in [5, 5.41) is 0. The van der Waals surface area contributed by atoms with E-state index in [1.807, 2.05) is 0 Å². The van der Waals surface area contributed by atoms with Gasteiger partial charge in [-0.25, -0.2) is 0 Å². The van der Waals surface area contributed by atoms with Gasteiger partial charge >= 0.3 is 0 Å². The summed E-state index contributed by atoms with van der Waals surface area (Å²) in [5.74, 6) is 0. The Bertz CT molecular complexity index is 310. The van der Waals surface area contributed by atoms with Gasteiger partial charge in [0, 0.05) is 18.6 Å². The predicted octanol–water partition coefficient (Wildman–Crippen LogP) is 2.39. The Kier molecular flexibility index (Phi) is 3.97. The Hall–Kier alpha value is -0.860. The molecule has 88 valence electrons. The van der Waals surface area contributed by atoms with Crippen LogP contribution in [0.2, 0.25) is 0 Å². The highest BCUT2D eigenvalue weighted by molar-refractivity contribution is 5.14. The Labute approximate surface area is 98.4 Å². The number of benzene rings is 1. The molecule has 1 saturated carbocycles. The van der Waals surface area contributed by atoms with E-state index in [1.165, 1.54) is 24.8 Å². The van der Waals surface area contributed by atoms with E-state index in [4.69, 9.17) is 5.73 Å². The lowest BCUT2D eigenvalue weighted by atomic mass is 10.1. The second kappa shape index (κ2) is 5.46. The van der Waals surface area contributed by atoms with Crippen molar-refractivity contribution in [3.8, 4) is 0 Å². The van der Waals surface area contributed by atoms with Crippen molar-refractivity contribution in [3.63, 3.8) is 0 Å². The van der Waals surface area contributed by atoms with Crippen molar-refractivity contribution in [2.45, 2.75) is 44.8 Å². The van der Waals surface area contributed by atoms with Gasteiger partial charge < -0.3 is 5.73 Å². The van der Waals surface area contributed by atoms with Crippen molar-refractivity contribution in [3.05, 3.63) is 35.9 Å². The third-order valence-electron chi connectivity index (χ3n) is 3.64. The van der Waals surface area contributed by atoms with Crippen LogP contribution in [-0.4, -0.2) is 23.5 Å². The van der Waals surface area contributed by atoms with Crippen LogP contribution in [0.4, 0.5) is 0 Å². The number of hydrogen-bond acceptors (Lipinski definition) is 2. The van der Waals surface area contributed by atoms with E-state index >= 15 is 0 Å². The average Bonchev–Trinajstić information content (AvgIpc) is 2.74. The van der Waals surface area contributed by atoms with Gasteiger partial charge in [0.25, 0.3) is 0 Å². The first-order valence-corrected chi connectivity index (χ1v) is 6.35. The van der Waals surface area contributed by atoms with Crippen LogP contribution < -0.4 is 5.73 Å². The van der Waals surface area contributed by atoms with Gasteiger partial charge in [-0.2, -0.15) is 0 Å². The molecule has 1 aromatic rings. The normalized spacial score (nSPS) is 25.2. The molecule has 1 fully saturated rings. The van der Waals surface area contributed by atoms with Gasteiger partial charge in [0.05, 0.1) is 0 Å². The molecule has 0 aliphatic heterocycles. The van der Waals surface area contributed by atoms with Crippen LogP contribution in [0.3, 0.4) is 0 Å². The summed E-state index contributed by atoms with van der Waals surface area (Å²) in [4.78, 5) is 2.52. The van der Waals surface area contributed by atoms with E-state index in [1.54, 1.807) is 0 Å². The third kappa shape index (κ3) is 2.63. The summed E-state index contributed by atoms with van der Waals surface area (Å²) in [6, 6.07) is 11.6. The Balaban J connectivity index is 2.00. The average molecular weight is 218 g/mol. The highest BCUT2D eigenvalue weighted by Crippen LogP contribution is 2.23. The standard InChI is InChI=1S/C14H22N2/c1-2-16(14-10-6-9-13(14)15)11-12-7-4-3-5-8-12/h3-5,7-8,13-14H,2,6,9-11,15H2,1H3. The van der Waals surface area contributed by atoms with Crippen LogP contribution in [-0.2, 0) is 6.54 Å². The van der Waals surface area contributed by atoms with Crippen LogP contribution in [0, 0.1) is 0 Å². The molecule has 2 unspecified atom stereocenters. The second-order valence-electron chi connectivity index (χ2n) is 4.71. The van der Waals surface area contributed by atoms with E-state index < -0.39 is 0 Å². The topological polar surface area (TPSA) is 29.3 Å². The number of likely N-dealkylation sites (N-methyl/N-ethyl adjacent to an activating group) is 1. The van der Waals surface area contributed by atoms with Crippen LogP contribution in [0.5, 0.6) is 0 Å². The largest absolute Gasteiger partial charge is 0.326 e. The lowest BCUT2D eigenvalue weighted by Gasteiger charge is -2.30. The predicted molar refractivity (Wildman–Crippen MR) is 68.1 cm³/mol. The molecule has 2 N–H and O–H groups in total. The van der Waals surface area contributed by atoms with Crippen molar-refractivity contribution in [2.75, 3.05) is 6.54 Å². The smallest absolute Gasteiger partial charge is 0.0250 e. The Morgan fingerprint density at radius 1 is 1.25 bits per heavy atom. The van der Waals surface area contributed by atoms with Gasteiger partial charge in [-0.05, 0) is 24.9 Å². The molecule has 2 rings (SSSR count). The molecule has 1 aromatic carbocycles. The van der Waals surface area contributed by atoms with Crippen molar-refractivity contribution < 1.29 is 0 Å². The van der Waals surface area contributed by atoms with Crippen molar-refractivity contribution >= 4 is 0 Å². The second-order valence-corrected chi connectivity index (χ2v) is 4.71. The Morgan fingerprint density at radius 2 is 2.00 bits per heavy atom. The molecule has 1 aliphatic rings. The summed E-state index contributed by atoms with van der Waals surface area (Å²) < 4.78 is 0. The molecule has 2 atom stereocenters. The van der Waals surface area contributed by atoms with Crippen LogP contribution in [0.25, 0.3) is 0 Å². The molecule has 0 aromatic heterocycles. The third-order valence-corrected chi connectivity index (χ3v) is 3.64. The molecule has 2 heteroatoms. The van der Waals surface area contributed by atoms with Crippen LogP contribution in [0.1, 0.15) is 31.7 Å². The molecule has 2 nitrogen and oxygen atoms in total. The molecule has 0 radical (unpaired) electrons. The first-order valence-electron chi connectivity index (χ1n) is 6.35. The zero-order valence-corrected chi connectivity index (χ0v) is 10.1. The lowest BCUT2D eigenvalue weighted by molar-refractivity contribution is 0.186. The van der Waals surface area contributed by atoms with Crippen LogP contribution >= 0.6 is 0 Å². The maximum absolute atomic E-state index is 6.17. The maximum atomic E-state index is 6.17. The molecule has 1 aliphatic carbocycles. The minimum atomic E-state index is 0.378. The fraction of sp³-hybridized carbons (Fsp3) is 0.571.